The number of hydrogen-bond donors (Lipinski definition) is 2. The first kappa shape index (κ1) is 12.4. The van der Waals surface area contributed by atoms with E-state index in [0.717, 1.165) is 5.56 Å². The van der Waals surface area contributed by atoms with Gasteiger partial charge in [0.05, 0.1) is 17.6 Å². The Morgan fingerprint density at radius 2 is 2.06 bits per heavy atom. The van der Waals surface area contributed by atoms with Crippen molar-refractivity contribution >= 4 is 21.4 Å². The van der Waals surface area contributed by atoms with Gasteiger partial charge in [0.15, 0.2) is 5.03 Å². The molecule has 18 heavy (non-hydrogen) atoms. The molecule has 1 aromatic carbocycles. The molecule has 0 saturated carbocycles. The fourth-order valence-electron chi connectivity index (χ4n) is 1.58. The third kappa shape index (κ3) is 2.30. The highest BCUT2D eigenvalue weighted by Crippen LogP contribution is 2.22. The van der Waals surface area contributed by atoms with Crippen LogP contribution >= 0.6 is 0 Å². The first-order valence-electron chi connectivity index (χ1n) is 5.27. The van der Waals surface area contributed by atoms with Crippen molar-refractivity contribution in [3.63, 3.8) is 0 Å². The van der Waals surface area contributed by atoms with Crippen LogP contribution in [0.15, 0.2) is 35.5 Å². The number of aryl methyl sites for hydroxylation is 2. The Kier molecular flexibility index (Phi) is 3.00. The molecule has 6 nitrogen and oxygen atoms in total. The molecular formula is C11H14N4O2S. The van der Waals surface area contributed by atoms with Gasteiger partial charge in [-0.2, -0.15) is 13.5 Å². The Labute approximate surface area is 105 Å². The monoisotopic (exact) mass is 266 g/mol. The number of nitrogen functional groups attached to an aromatic ring is 1. The average Bonchev–Trinajstić information content (AvgIpc) is 2.70. The standard InChI is InChI=1S/C11H14N4O2S/c1-8-3-4-9(12)10(7-8)14-18(16,17)11-5-6-13-15(11)2/h3-7,14H,12H2,1-2H3. The van der Waals surface area contributed by atoms with Gasteiger partial charge in [-0.25, -0.2) is 0 Å². The van der Waals surface area contributed by atoms with E-state index in [1.165, 1.54) is 16.9 Å². The van der Waals surface area contributed by atoms with Gasteiger partial charge in [-0.1, -0.05) is 6.07 Å². The van der Waals surface area contributed by atoms with E-state index in [2.05, 4.69) is 9.82 Å². The van der Waals surface area contributed by atoms with Crippen molar-refractivity contribution in [2.75, 3.05) is 10.5 Å². The smallest absolute Gasteiger partial charge is 0.279 e. The highest BCUT2D eigenvalue weighted by Gasteiger charge is 2.18. The molecule has 0 unspecified atom stereocenters. The maximum atomic E-state index is 12.1. The number of hydrogen-bond acceptors (Lipinski definition) is 4. The lowest BCUT2D eigenvalue weighted by Crippen LogP contribution is -2.17. The van der Waals surface area contributed by atoms with Crippen molar-refractivity contribution in [2.24, 2.45) is 7.05 Å². The number of nitrogens with one attached hydrogen (secondary N) is 1. The van der Waals surface area contributed by atoms with E-state index in [9.17, 15) is 8.42 Å². The van der Waals surface area contributed by atoms with Crippen LogP contribution in [0, 0.1) is 6.92 Å². The SMILES string of the molecule is Cc1ccc(N)c(NS(=O)(=O)c2ccnn2C)c1. The van der Waals surface area contributed by atoms with Crippen LogP contribution in [0.4, 0.5) is 11.4 Å². The molecule has 1 heterocycles. The zero-order valence-electron chi connectivity index (χ0n) is 10.1. The summed E-state index contributed by atoms with van der Waals surface area (Å²) >= 11 is 0. The Morgan fingerprint density at radius 1 is 1.33 bits per heavy atom. The Morgan fingerprint density at radius 3 is 2.67 bits per heavy atom. The first-order chi connectivity index (χ1) is 8.40. The number of anilines is 2. The van der Waals surface area contributed by atoms with E-state index >= 15 is 0 Å². The normalized spacial score (nSPS) is 11.4. The van der Waals surface area contributed by atoms with Crippen LogP contribution < -0.4 is 10.5 Å². The van der Waals surface area contributed by atoms with Crippen LogP contribution in [-0.2, 0) is 17.1 Å². The fraction of sp³-hybridized carbons (Fsp3) is 0.182. The van der Waals surface area contributed by atoms with Crippen molar-refractivity contribution in [3.8, 4) is 0 Å². The third-order valence-electron chi connectivity index (χ3n) is 2.50. The molecule has 96 valence electrons. The van der Waals surface area contributed by atoms with E-state index in [0.29, 0.717) is 11.4 Å². The average molecular weight is 266 g/mol. The van der Waals surface area contributed by atoms with Crippen LogP contribution in [0.3, 0.4) is 0 Å². The van der Waals surface area contributed by atoms with Crippen molar-refractivity contribution in [1.29, 1.82) is 0 Å². The maximum absolute atomic E-state index is 12.1. The summed E-state index contributed by atoms with van der Waals surface area (Å²) in [5.74, 6) is 0. The topological polar surface area (TPSA) is 90.0 Å². The number of benzene rings is 1. The molecule has 0 aliphatic carbocycles. The zero-order valence-corrected chi connectivity index (χ0v) is 10.9. The Bertz CT molecular complexity index is 676. The number of rotatable bonds is 3. The zero-order chi connectivity index (χ0) is 13.3. The van der Waals surface area contributed by atoms with E-state index in [1.807, 2.05) is 13.0 Å². The van der Waals surface area contributed by atoms with Gasteiger partial charge in [-0.05, 0) is 30.7 Å². The molecule has 0 saturated heterocycles. The van der Waals surface area contributed by atoms with Gasteiger partial charge < -0.3 is 5.73 Å². The van der Waals surface area contributed by atoms with Crippen LogP contribution in [0.1, 0.15) is 5.56 Å². The van der Waals surface area contributed by atoms with Gasteiger partial charge in [0.2, 0.25) is 0 Å². The summed E-state index contributed by atoms with van der Waals surface area (Å²) in [6, 6.07) is 6.59. The fourth-order valence-corrected chi connectivity index (χ4v) is 2.79. The van der Waals surface area contributed by atoms with Crippen molar-refractivity contribution in [1.82, 2.24) is 9.78 Å². The van der Waals surface area contributed by atoms with Gasteiger partial charge in [-0.3, -0.25) is 9.40 Å². The van der Waals surface area contributed by atoms with E-state index in [4.69, 9.17) is 5.73 Å². The quantitative estimate of drug-likeness (QED) is 0.814. The van der Waals surface area contributed by atoms with Crippen molar-refractivity contribution < 1.29 is 8.42 Å². The minimum atomic E-state index is -3.67. The number of sulfonamides is 1. The third-order valence-corrected chi connectivity index (χ3v) is 3.94. The second-order valence-corrected chi connectivity index (χ2v) is 5.62. The molecule has 0 aliphatic heterocycles. The van der Waals surface area contributed by atoms with Gasteiger partial charge in [0, 0.05) is 7.05 Å². The maximum Gasteiger partial charge on any atom is 0.279 e. The summed E-state index contributed by atoms with van der Waals surface area (Å²) in [6.45, 7) is 1.86. The van der Waals surface area contributed by atoms with Crippen LogP contribution in [0.2, 0.25) is 0 Å². The number of nitrogens with two attached hydrogens (primary N) is 1. The summed E-state index contributed by atoms with van der Waals surface area (Å²) in [6.07, 6.45) is 1.42. The highest BCUT2D eigenvalue weighted by atomic mass is 32.2. The first-order valence-corrected chi connectivity index (χ1v) is 6.75. The molecule has 0 spiro atoms. The Balaban J connectivity index is 2.40. The Hall–Kier alpha value is -2.02. The molecule has 0 amide bonds. The molecule has 2 rings (SSSR count). The predicted molar refractivity (Wildman–Crippen MR) is 69.6 cm³/mol. The van der Waals surface area contributed by atoms with Gasteiger partial charge in [0.1, 0.15) is 0 Å². The summed E-state index contributed by atoms with van der Waals surface area (Å²) in [5.41, 5.74) is 7.41. The van der Waals surface area contributed by atoms with Gasteiger partial charge >= 0.3 is 0 Å². The van der Waals surface area contributed by atoms with Crippen molar-refractivity contribution in [3.05, 3.63) is 36.0 Å². The minimum absolute atomic E-state index is 0.0865. The van der Waals surface area contributed by atoms with Crippen LogP contribution in [0.5, 0.6) is 0 Å². The van der Waals surface area contributed by atoms with Crippen molar-refractivity contribution in [2.45, 2.75) is 11.9 Å². The molecule has 0 bridgehead atoms. The molecule has 1 aromatic heterocycles. The lowest BCUT2D eigenvalue weighted by molar-refractivity contribution is 0.582. The second-order valence-electron chi connectivity index (χ2n) is 3.99. The molecule has 0 atom stereocenters. The minimum Gasteiger partial charge on any atom is -0.397 e. The molecule has 3 N–H and O–H groups in total. The van der Waals surface area contributed by atoms with E-state index in [1.54, 1.807) is 19.2 Å². The van der Waals surface area contributed by atoms with E-state index < -0.39 is 10.0 Å². The second kappa shape index (κ2) is 4.34. The summed E-state index contributed by atoms with van der Waals surface area (Å²) in [5, 5.41) is 3.92. The highest BCUT2D eigenvalue weighted by molar-refractivity contribution is 7.92. The lowest BCUT2D eigenvalue weighted by Gasteiger charge is -2.10. The van der Waals surface area contributed by atoms with Gasteiger partial charge in [-0.15, -0.1) is 0 Å². The molecule has 0 radical (unpaired) electrons. The summed E-state index contributed by atoms with van der Waals surface area (Å²) < 4.78 is 28.0. The molecule has 0 fully saturated rings. The summed E-state index contributed by atoms with van der Waals surface area (Å²) in [4.78, 5) is 0. The number of aromatic nitrogens is 2. The summed E-state index contributed by atoms with van der Waals surface area (Å²) in [7, 11) is -2.11. The predicted octanol–water partition coefficient (Wildman–Crippen LogP) is 1.11. The molecular weight excluding hydrogens is 252 g/mol. The van der Waals surface area contributed by atoms with Gasteiger partial charge in [0.25, 0.3) is 10.0 Å². The van der Waals surface area contributed by atoms with E-state index in [-0.39, 0.29) is 5.03 Å². The lowest BCUT2D eigenvalue weighted by atomic mass is 10.2. The number of nitrogens with zero attached hydrogens (tertiary/aromatic N) is 2. The largest absolute Gasteiger partial charge is 0.397 e. The molecule has 2 aromatic rings. The van der Waals surface area contributed by atoms with Crippen LogP contribution in [-0.4, -0.2) is 18.2 Å². The molecule has 7 heteroatoms. The van der Waals surface area contributed by atoms with Crippen LogP contribution in [0.25, 0.3) is 0 Å². The molecule has 0 aliphatic rings.